The number of nitrogens with one attached hydrogen (secondary N) is 1. The first-order valence-corrected chi connectivity index (χ1v) is 9.55. The zero-order valence-electron chi connectivity index (χ0n) is 15.7. The number of guanidine groups is 1. The summed E-state index contributed by atoms with van der Waals surface area (Å²) in [4.78, 5) is 9.69. The average Bonchev–Trinajstić information content (AvgIpc) is 2.63. The van der Waals surface area contributed by atoms with Crippen molar-refractivity contribution in [2.45, 2.75) is 45.2 Å². The lowest BCUT2D eigenvalue weighted by Crippen LogP contribution is -2.56. The van der Waals surface area contributed by atoms with Crippen molar-refractivity contribution < 1.29 is 0 Å². The quantitative estimate of drug-likeness (QED) is 0.427. The van der Waals surface area contributed by atoms with Gasteiger partial charge in [0.25, 0.3) is 0 Å². The van der Waals surface area contributed by atoms with Crippen LogP contribution in [0.15, 0.2) is 35.3 Å². The SMILES string of the molecule is CCCNC(=NC)N1CCC2C(CCCN2Cc2ccccc2)C1.I. The Balaban J connectivity index is 0.00000225. The number of fused-ring (bicyclic) bond motifs is 1. The molecule has 0 amide bonds. The van der Waals surface area contributed by atoms with E-state index in [0.717, 1.165) is 50.5 Å². The number of hydrogen-bond acceptors (Lipinski definition) is 2. The van der Waals surface area contributed by atoms with Gasteiger partial charge < -0.3 is 10.2 Å². The summed E-state index contributed by atoms with van der Waals surface area (Å²) in [5.74, 6) is 1.87. The molecule has 1 N–H and O–H groups in total. The van der Waals surface area contributed by atoms with Gasteiger partial charge in [0.2, 0.25) is 0 Å². The molecule has 4 nitrogen and oxygen atoms in total. The third kappa shape index (κ3) is 5.33. The summed E-state index contributed by atoms with van der Waals surface area (Å²) in [6, 6.07) is 11.7. The van der Waals surface area contributed by atoms with Gasteiger partial charge in [-0.1, -0.05) is 37.3 Å². The number of halogens is 1. The maximum atomic E-state index is 4.49. The van der Waals surface area contributed by atoms with E-state index in [-0.39, 0.29) is 24.0 Å². The minimum atomic E-state index is 0. The summed E-state index contributed by atoms with van der Waals surface area (Å²) in [7, 11) is 1.91. The van der Waals surface area contributed by atoms with Gasteiger partial charge in [-0.2, -0.15) is 0 Å². The number of aliphatic imine (C=N–C) groups is 1. The highest BCUT2D eigenvalue weighted by Gasteiger charge is 2.36. The third-order valence-corrected chi connectivity index (χ3v) is 5.46. The van der Waals surface area contributed by atoms with Crippen molar-refractivity contribution in [1.29, 1.82) is 0 Å². The van der Waals surface area contributed by atoms with E-state index in [1.807, 2.05) is 7.05 Å². The van der Waals surface area contributed by atoms with Crippen LogP contribution < -0.4 is 5.32 Å². The molecule has 1 aromatic rings. The molecule has 2 atom stereocenters. The van der Waals surface area contributed by atoms with Gasteiger partial charge >= 0.3 is 0 Å². The molecular weight excluding hydrogens is 423 g/mol. The lowest BCUT2D eigenvalue weighted by molar-refractivity contribution is 0.0372. The molecule has 2 heterocycles. The number of benzene rings is 1. The van der Waals surface area contributed by atoms with Crippen LogP contribution in [0.2, 0.25) is 0 Å². The summed E-state index contributed by atoms with van der Waals surface area (Å²) in [5, 5.41) is 3.50. The largest absolute Gasteiger partial charge is 0.356 e. The second-order valence-electron chi connectivity index (χ2n) is 7.13. The summed E-state index contributed by atoms with van der Waals surface area (Å²) >= 11 is 0. The van der Waals surface area contributed by atoms with Crippen LogP contribution in [-0.4, -0.2) is 55.0 Å². The van der Waals surface area contributed by atoms with Crippen LogP contribution in [0.3, 0.4) is 0 Å². The second-order valence-corrected chi connectivity index (χ2v) is 7.13. The normalized spacial score (nSPS) is 24.4. The van der Waals surface area contributed by atoms with Crippen LogP contribution in [0, 0.1) is 5.92 Å². The first kappa shape index (κ1) is 20.5. The molecule has 0 aliphatic carbocycles. The van der Waals surface area contributed by atoms with Crippen LogP contribution in [0.5, 0.6) is 0 Å². The molecule has 0 radical (unpaired) electrons. The van der Waals surface area contributed by atoms with Crippen LogP contribution in [0.1, 0.15) is 38.2 Å². The number of nitrogens with zero attached hydrogens (tertiary/aromatic N) is 3. The van der Waals surface area contributed by atoms with Gasteiger partial charge in [-0.3, -0.25) is 9.89 Å². The number of rotatable bonds is 4. The Morgan fingerprint density at radius 2 is 2.00 bits per heavy atom. The van der Waals surface area contributed by atoms with Gasteiger partial charge in [-0.15, -0.1) is 24.0 Å². The van der Waals surface area contributed by atoms with Crippen molar-refractivity contribution in [3.05, 3.63) is 35.9 Å². The van der Waals surface area contributed by atoms with E-state index in [2.05, 4.69) is 57.4 Å². The molecular formula is C20H33IN4. The van der Waals surface area contributed by atoms with Crippen LogP contribution in [0.25, 0.3) is 0 Å². The van der Waals surface area contributed by atoms with E-state index in [1.54, 1.807) is 0 Å². The summed E-state index contributed by atoms with van der Waals surface area (Å²) in [6.07, 6.45) is 5.08. The van der Waals surface area contributed by atoms with Crippen LogP contribution >= 0.6 is 24.0 Å². The zero-order valence-corrected chi connectivity index (χ0v) is 18.0. The highest BCUT2D eigenvalue weighted by Crippen LogP contribution is 2.31. The Hall–Kier alpha value is -0.820. The molecule has 0 aromatic heterocycles. The number of piperidine rings is 2. The molecule has 2 aliphatic rings. The summed E-state index contributed by atoms with van der Waals surface area (Å²) in [6.45, 7) is 7.84. The fourth-order valence-corrected chi connectivity index (χ4v) is 4.28. The molecule has 25 heavy (non-hydrogen) atoms. The van der Waals surface area contributed by atoms with Crippen molar-refractivity contribution in [3.63, 3.8) is 0 Å². The molecule has 2 unspecified atom stereocenters. The molecule has 140 valence electrons. The predicted octanol–water partition coefficient (Wildman–Crippen LogP) is 3.58. The highest BCUT2D eigenvalue weighted by molar-refractivity contribution is 14.0. The van der Waals surface area contributed by atoms with Gasteiger partial charge in [0, 0.05) is 39.3 Å². The van der Waals surface area contributed by atoms with Crippen molar-refractivity contribution in [3.8, 4) is 0 Å². The molecule has 1 aromatic carbocycles. The Bertz CT molecular complexity index is 534. The Kier molecular flexibility index (Phi) is 8.49. The standard InChI is InChI=1S/C20H32N4.HI/c1-3-12-22-20(21-2)24-14-11-19-18(16-24)10-7-13-23(19)15-17-8-5-4-6-9-17;/h4-6,8-9,18-19H,3,7,10-16H2,1-2H3,(H,21,22);1H. The van der Waals surface area contributed by atoms with E-state index in [9.17, 15) is 0 Å². The lowest BCUT2D eigenvalue weighted by Gasteiger charge is -2.48. The smallest absolute Gasteiger partial charge is 0.193 e. The summed E-state index contributed by atoms with van der Waals surface area (Å²) in [5.41, 5.74) is 1.45. The van der Waals surface area contributed by atoms with E-state index < -0.39 is 0 Å². The number of hydrogen-bond donors (Lipinski definition) is 1. The van der Waals surface area contributed by atoms with Gasteiger partial charge in [-0.05, 0) is 43.7 Å². The molecule has 2 saturated heterocycles. The fraction of sp³-hybridized carbons (Fsp3) is 0.650. The Morgan fingerprint density at radius 3 is 2.72 bits per heavy atom. The highest BCUT2D eigenvalue weighted by atomic mass is 127. The van der Waals surface area contributed by atoms with Gasteiger partial charge in [0.1, 0.15) is 0 Å². The monoisotopic (exact) mass is 456 g/mol. The van der Waals surface area contributed by atoms with E-state index in [4.69, 9.17) is 0 Å². The molecule has 0 spiro atoms. The molecule has 2 aliphatic heterocycles. The van der Waals surface area contributed by atoms with Crippen molar-refractivity contribution in [1.82, 2.24) is 15.1 Å². The second kappa shape index (κ2) is 10.4. The maximum Gasteiger partial charge on any atom is 0.193 e. The molecule has 3 rings (SSSR count). The van der Waals surface area contributed by atoms with Crippen LogP contribution in [-0.2, 0) is 6.54 Å². The summed E-state index contributed by atoms with van der Waals surface area (Å²) < 4.78 is 0. The molecule has 0 bridgehead atoms. The van der Waals surface area contributed by atoms with Gasteiger partial charge in [0.15, 0.2) is 5.96 Å². The Morgan fingerprint density at radius 1 is 1.20 bits per heavy atom. The third-order valence-electron chi connectivity index (χ3n) is 5.46. The number of likely N-dealkylation sites (tertiary alicyclic amines) is 2. The lowest BCUT2D eigenvalue weighted by atomic mass is 9.83. The van der Waals surface area contributed by atoms with E-state index in [0.29, 0.717) is 0 Å². The minimum absolute atomic E-state index is 0. The fourth-order valence-electron chi connectivity index (χ4n) is 4.28. The van der Waals surface area contributed by atoms with E-state index in [1.165, 1.54) is 31.4 Å². The predicted molar refractivity (Wildman–Crippen MR) is 117 cm³/mol. The van der Waals surface area contributed by atoms with Gasteiger partial charge in [-0.25, -0.2) is 0 Å². The first-order valence-electron chi connectivity index (χ1n) is 9.55. The minimum Gasteiger partial charge on any atom is -0.356 e. The molecule has 0 saturated carbocycles. The average molecular weight is 456 g/mol. The topological polar surface area (TPSA) is 30.9 Å². The van der Waals surface area contributed by atoms with Crippen LogP contribution in [0.4, 0.5) is 0 Å². The van der Waals surface area contributed by atoms with Crippen molar-refractivity contribution in [2.75, 3.05) is 33.2 Å². The maximum absolute atomic E-state index is 4.49. The zero-order chi connectivity index (χ0) is 16.8. The first-order chi connectivity index (χ1) is 11.8. The van der Waals surface area contributed by atoms with Gasteiger partial charge in [0.05, 0.1) is 0 Å². The molecule has 5 heteroatoms. The Labute approximate surface area is 170 Å². The van der Waals surface area contributed by atoms with E-state index >= 15 is 0 Å². The van der Waals surface area contributed by atoms with Crippen molar-refractivity contribution in [2.24, 2.45) is 10.9 Å². The van der Waals surface area contributed by atoms with Crippen molar-refractivity contribution >= 4 is 29.9 Å². The molecule has 2 fully saturated rings.